The van der Waals surface area contributed by atoms with Crippen LogP contribution in [0.5, 0.6) is 0 Å². The summed E-state index contributed by atoms with van der Waals surface area (Å²) in [5.41, 5.74) is -0.474. The molecule has 0 rings (SSSR count). The molecule has 0 aliphatic carbocycles. The Kier molecular flexibility index (Phi) is 4.11. The molecule has 0 aliphatic rings. The van der Waals surface area contributed by atoms with Crippen molar-refractivity contribution in [2.24, 2.45) is 0 Å². The van der Waals surface area contributed by atoms with Gasteiger partial charge in [-0.1, -0.05) is 6.92 Å². The van der Waals surface area contributed by atoms with E-state index in [1.807, 2.05) is 20.8 Å². The van der Waals surface area contributed by atoms with Gasteiger partial charge >= 0.3 is 0 Å². The van der Waals surface area contributed by atoms with Crippen molar-refractivity contribution in [2.75, 3.05) is 13.7 Å². The first-order valence-corrected chi connectivity index (χ1v) is 3.85. The molecule has 3 heteroatoms. The zero-order valence-electron chi connectivity index (χ0n) is 7.76. The van der Waals surface area contributed by atoms with E-state index in [1.54, 1.807) is 12.0 Å². The smallest absolute Gasteiger partial charge is 0.211 e. The molecule has 0 heterocycles. The molecule has 0 saturated heterocycles. The van der Waals surface area contributed by atoms with Crippen LogP contribution in [0.3, 0.4) is 0 Å². The SMILES string of the molecule is CCCN(C=O)C(C)(C)OC. The lowest BCUT2D eigenvalue weighted by Gasteiger charge is -2.33. The second kappa shape index (κ2) is 4.34. The van der Waals surface area contributed by atoms with Crippen LogP contribution in [0.4, 0.5) is 0 Å². The molecule has 3 nitrogen and oxygen atoms in total. The molecule has 0 aromatic heterocycles. The topological polar surface area (TPSA) is 29.5 Å². The highest BCUT2D eigenvalue weighted by atomic mass is 16.5. The van der Waals surface area contributed by atoms with Crippen molar-refractivity contribution in [3.05, 3.63) is 0 Å². The fourth-order valence-corrected chi connectivity index (χ4v) is 0.807. The van der Waals surface area contributed by atoms with E-state index in [9.17, 15) is 4.79 Å². The van der Waals surface area contributed by atoms with Crippen LogP contribution in [-0.4, -0.2) is 30.7 Å². The average molecular weight is 159 g/mol. The Morgan fingerprint density at radius 2 is 2.09 bits per heavy atom. The van der Waals surface area contributed by atoms with Gasteiger partial charge in [-0.2, -0.15) is 0 Å². The van der Waals surface area contributed by atoms with Gasteiger partial charge in [0.2, 0.25) is 6.41 Å². The number of carbonyl (C=O) groups is 1. The molecule has 0 aromatic carbocycles. The summed E-state index contributed by atoms with van der Waals surface area (Å²) in [5.74, 6) is 0. The van der Waals surface area contributed by atoms with Crippen molar-refractivity contribution in [3.8, 4) is 0 Å². The number of ether oxygens (including phenoxy) is 1. The van der Waals surface area contributed by atoms with Crippen LogP contribution in [-0.2, 0) is 9.53 Å². The Morgan fingerprint density at radius 3 is 2.36 bits per heavy atom. The normalized spacial score (nSPS) is 11.3. The monoisotopic (exact) mass is 159 g/mol. The van der Waals surface area contributed by atoms with Crippen LogP contribution in [0.2, 0.25) is 0 Å². The molecule has 0 aromatic rings. The summed E-state index contributed by atoms with van der Waals surface area (Å²) in [7, 11) is 1.60. The van der Waals surface area contributed by atoms with E-state index in [0.717, 1.165) is 19.4 Å². The summed E-state index contributed by atoms with van der Waals surface area (Å²) in [5, 5.41) is 0. The van der Waals surface area contributed by atoms with Gasteiger partial charge in [0.1, 0.15) is 5.72 Å². The van der Waals surface area contributed by atoms with Crippen molar-refractivity contribution < 1.29 is 9.53 Å². The summed E-state index contributed by atoms with van der Waals surface area (Å²) in [6.07, 6.45) is 1.78. The molecular formula is C8H17NO2. The number of rotatable bonds is 5. The Balaban J connectivity index is 4.10. The molecule has 0 spiro atoms. The Morgan fingerprint density at radius 1 is 1.55 bits per heavy atom. The van der Waals surface area contributed by atoms with Crippen LogP contribution in [0.25, 0.3) is 0 Å². The third-order valence-corrected chi connectivity index (χ3v) is 1.78. The minimum absolute atomic E-state index is 0.474. The molecule has 0 aliphatic heterocycles. The molecule has 0 bridgehead atoms. The Bertz CT molecular complexity index is 123. The maximum absolute atomic E-state index is 10.5. The van der Waals surface area contributed by atoms with Gasteiger partial charge in [0.05, 0.1) is 0 Å². The number of hydrogen-bond donors (Lipinski definition) is 0. The standard InChI is InChI=1S/C8H17NO2/c1-5-6-9(7-10)8(2,3)11-4/h7H,5-6H2,1-4H3. The predicted molar refractivity (Wildman–Crippen MR) is 44.1 cm³/mol. The summed E-state index contributed by atoms with van der Waals surface area (Å²) in [4.78, 5) is 12.2. The zero-order chi connectivity index (χ0) is 8.91. The van der Waals surface area contributed by atoms with Crippen molar-refractivity contribution in [2.45, 2.75) is 32.9 Å². The van der Waals surface area contributed by atoms with Gasteiger partial charge in [-0.3, -0.25) is 4.79 Å². The fraction of sp³-hybridized carbons (Fsp3) is 0.875. The summed E-state index contributed by atoms with van der Waals surface area (Å²) < 4.78 is 5.14. The summed E-state index contributed by atoms with van der Waals surface area (Å²) in [6.45, 7) is 6.51. The average Bonchev–Trinajstić information content (AvgIpc) is 2.00. The second-order valence-corrected chi connectivity index (χ2v) is 2.95. The van der Waals surface area contributed by atoms with E-state index in [1.165, 1.54) is 0 Å². The van der Waals surface area contributed by atoms with Gasteiger partial charge in [0.25, 0.3) is 0 Å². The van der Waals surface area contributed by atoms with Gasteiger partial charge in [0.15, 0.2) is 0 Å². The molecule has 0 fully saturated rings. The number of hydrogen-bond acceptors (Lipinski definition) is 2. The molecule has 0 atom stereocenters. The summed E-state index contributed by atoms with van der Waals surface area (Å²) >= 11 is 0. The molecule has 0 saturated carbocycles. The maximum Gasteiger partial charge on any atom is 0.211 e. The van der Waals surface area contributed by atoms with Crippen LogP contribution in [0.15, 0.2) is 0 Å². The van der Waals surface area contributed by atoms with Crippen LogP contribution in [0.1, 0.15) is 27.2 Å². The first kappa shape index (κ1) is 10.4. The van der Waals surface area contributed by atoms with Gasteiger partial charge in [-0.15, -0.1) is 0 Å². The molecule has 0 radical (unpaired) electrons. The van der Waals surface area contributed by atoms with E-state index in [0.29, 0.717) is 0 Å². The lowest BCUT2D eigenvalue weighted by atomic mass is 10.2. The minimum Gasteiger partial charge on any atom is -0.359 e. The van der Waals surface area contributed by atoms with Crippen LogP contribution >= 0.6 is 0 Å². The van der Waals surface area contributed by atoms with E-state index in [4.69, 9.17) is 4.74 Å². The predicted octanol–water partition coefficient (Wildman–Crippen LogP) is 1.24. The highest BCUT2D eigenvalue weighted by Crippen LogP contribution is 2.12. The molecule has 66 valence electrons. The van der Waals surface area contributed by atoms with E-state index >= 15 is 0 Å². The zero-order valence-corrected chi connectivity index (χ0v) is 7.76. The largest absolute Gasteiger partial charge is 0.359 e. The van der Waals surface area contributed by atoms with Gasteiger partial charge < -0.3 is 9.64 Å². The number of nitrogens with zero attached hydrogens (tertiary/aromatic N) is 1. The van der Waals surface area contributed by atoms with Crippen LogP contribution in [0, 0.1) is 0 Å². The minimum atomic E-state index is -0.474. The fourth-order valence-electron chi connectivity index (χ4n) is 0.807. The molecule has 0 N–H and O–H groups in total. The molecule has 0 unspecified atom stereocenters. The number of carbonyl (C=O) groups excluding carboxylic acids is 1. The highest BCUT2D eigenvalue weighted by molar-refractivity contribution is 5.48. The molecular weight excluding hydrogens is 142 g/mol. The van der Waals surface area contributed by atoms with E-state index in [-0.39, 0.29) is 0 Å². The highest BCUT2D eigenvalue weighted by Gasteiger charge is 2.23. The van der Waals surface area contributed by atoms with E-state index < -0.39 is 5.72 Å². The number of amides is 1. The first-order chi connectivity index (χ1) is 5.08. The van der Waals surface area contributed by atoms with E-state index in [2.05, 4.69) is 0 Å². The Labute approximate surface area is 68.3 Å². The maximum atomic E-state index is 10.5. The van der Waals surface area contributed by atoms with Crippen molar-refractivity contribution in [3.63, 3.8) is 0 Å². The van der Waals surface area contributed by atoms with Gasteiger partial charge in [0, 0.05) is 13.7 Å². The van der Waals surface area contributed by atoms with Gasteiger partial charge in [-0.25, -0.2) is 0 Å². The van der Waals surface area contributed by atoms with Crippen molar-refractivity contribution >= 4 is 6.41 Å². The summed E-state index contributed by atoms with van der Waals surface area (Å²) in [6, 6.07) is 0. The number of methoxy groups -OCH3 is 1. The van der Waals surface area contributed by atoms with Crippen molar-refractivity contribution in [1.29, 1.82) is 0 Å². The van der Waals surface area contributed by atoms with Gasteiger partial charge in [-0.05, 0) is 20.3 Å². The molecule has 1 amide bonds. The lowest BCUT2D eigenvalue weighted by Crippen LogP contribution is -2.44. The quantitative estimate of drug-likeness (QED) is 0.446. The van der Waals surface area contributed by atoms with Crippen LogP contribution < -0.4 is 0 Å². The molecule has 11 heavy (non-hydrogen) atoms. The Hall–Kier alpha value is -0.570. The third kappa shape index (κ3) is 2.89. The lowest BCUT2D eigenvalue weighted by molar-refractivity contribution is -0.146. The first-order valence-electron chi connectivity index (χ1n) is 3.85. The van der Waals surface area contributed by atoms with Crippen molar-refractivity contribution in [1.82, 2.24) is 4.90 Å². The second-order valence-electron chi connectivity index (χ2n) is 2.95. The third-order valence-electron chi connectivity index (χ3n) is 1.78.